The van der Waals surface area contributed by atoms with Crippen LogP contribution >= 0.6 is 0 Å². The summed E-state index contributed by atoms with van der Waals surface area (Å²) in [5, 5.41) is 2.95. The molecule has 0 unspecified atom stereocenters. The fourth-order valence-corrected chi connectivity index (χ4v) is 3.75. The first-order chi connectivity index (χ1) is 14.1. The van der Waals surface area contributed by atoms with E-state index in [2.05, 4.69) is 10.3 Å². The summed E-state index contributed by atoms with van der Waals surface area (Å²) in [7, 11) is 0. The van der Waals surface area contributed by atoms with Crippen LogP contribution in [0, 0.1) is 6.92 Å². The molecular weight excluding hydrogens is 368 g/mol. The molecule has 0 aliphatic carbocycles. The molecule has 1 saturated heterocycles. The molecule has 3 heterocycles. The standard InChI is InChI=1S/C22H24N4O3/c1-16-23-12-14-25(16)18-8-6-17(7-9-18)24-22(28)20-5-2-13-26(20)21(27)11-10-19-4-3-15-29-19/h3-4,6-9,12,14-15,20H,2,5,10-11,13H2,1H3,(H,24,28)/t20-/m0/s1. The van der Waals surface area contributed by atoms with E-state index in [-0.39, 0.29) is 11.8 Å². The normalized spacial score (nSPS) is 16.2. The van der Waals surface area contributed by atoms with Gasteiger partial charge in [-0.3, -0.25) is 9.59 Å². The quantitative estimate of drug-likeness (QED) is 0.698. The molecule has 1 atom stereocenters. The van der Waals surface area contributed by atoms with Crippen LogP contribution in [0.25, 0.3) is 5.69 Å². The minimum atomic E-state index is -0.422. The van der Waals surface area contributed by atoms with E-state index in [0.717, 1.165) is 23.7 Å². The van der Waals surface area contributed by atoms with Gasteiger partial charge >= 0.3 is 0 Å². The number of carbonyl (C=O) groups is 2. The summed E-state index contributed by atoms with van der Waals surface area (Å²) in [6.07, 6.45) is 7.66. The fraction of sp³-hybridized carbons (Fsp3) is 0.318. The van der Waals surface area contributed by atoms with Gasteiger partial charge in [0.15, 0.2) is 0 Å². The van der Waals surface area contributed by atoms with Gasteiger partial charge in [0.05, 0.1) is 6.26 Å². The van der Waals surface area contributed by atoms with Crippen LogP contribution in [0.15, 0.2) is 59.5 Å². The summed E-state index contributed by atoms with van der Waals surface area (Å²) >= 11 is 0. The van der Waals surface area contributed by atoms with E-state index in [1.54, 1.807) is 17.4 Å². The first kappa shape index (κ1) is 19.0. The second-order valence-electron chi connectivity index (χ2n) is 7.21. The molecule has 7 nitrogen and oxygen atoms in total. The lowest BCUT2D eigenvalue weighted by atomic mass is 10.1. The molecule has 3 aromatic rings. The van der Waals surface area contributed by atoms with E-state index in [1.807, 2.05) is 54.1 Å². The molecule has 150 valence electrons. The first-order valence-corrected chi connectivity index (χ1v) is 9.85. The molecule has 0 radical (unpaired) electrons. The Kier molecular flexibility index (Phi) is 5.46. The van der Waals surface area contributed by atoms with Crippen molar-refractivity contribution >= 4 is 17.5 Å². The summed E-state index contributed by atoms with van der Waals surface area (Å²) in [4.78, 5) is 31.3. The van der Waals surface area contributed by atoms with Crippen molar-refractivity contribution in [1.82, 2.24) is 14.5 Å². The van der Waals surface area contributed by atoms with E-state index in [9.17, 15) is 9.59 Å². The maximum Gasteiger partial charge on any atom is 0.247 e. The zero-order chi connectivity index (χ0) is 20.2. The van der Waals surface area contributed by atoms with Crippen molar-refractivity contribution in [3.05, 3.63) is 66.6 Å². The molecule has 2 aromatic heterocycles. The van der Waals surface area contributed by atoms with Gasteiger partial charge in [0.25, 0.3) is 0 Å². The minimum Gasteiger partial charge on any atom is -0.469 e. The highest BCUT2D eigenvalue weighted by Gasteiger charge is 2.33. The average Bonchev–Trinajstić information content (AvgIpc) is 3.48. The van der Waals surface area contributed by atoms with Crippen LogP contribution in [0.5, 0.6) is 0 Å². The molecule has 0 spiro atoms. The van der Waals surface area contributed by atoms with Gasteiger partial charge in [-0.2, -0.15) is 0 Å². The highest BCUT2D eigenvalue weighted by atomic mass is 16.3. The number of aromatic nitrogens is 2. The van der Waals surface area contributed by atoms with E-state index >= 15 is 0 Å². The van der Waals surface area contributed by atoms with E-state index in [4.69, 9.17) is 4.42 Å². The molecular formula is C22H24N4O3. The van der Waals surface area contributed by atoms with Gasteiger partial charge in [-0.15, -0.1) is 0 Å². The second-order valence-corrected chi connectivity index (χ2v) is 7.21. The predicted molar refractivity (Wildman–Crippen MR) is 109 cm³/mol. The van der Waals surface area contributed by atoms with Crippen molar-refractivity contribution in [2.45, 2.75) is 38.6 Å². The maximum atomic E-state index is 12.8. The lowest BCUT2D eigenvalue weighted by Crippen LogP contribution is -2.43. The zero-order valence-electron chi connectivity index (χ0n) is 16.4. The lowest BCUT2D eigenvalue weighted by molar-refractivity contribution is -0.136. The van der Waals surface area contributed by atoms with Crippen molar-refractivity contribution in [2.24, 2.45) is 0 Å². The summed E-state index contributed by atoms with van der Waals surface area (Å²) in [5.74, 6) is 1.54. The van der Waals surface area contributed by atoms with Crippen molar-refractivity contribution in [2.75, 3.05) is 11.9 Å². The molecule has 29 heavy (non-hydrogen) atoms. The van der Waals surface area contributed by atoms with Gasteiger partial charge in [-0.25, -0.2) is 4.98 Å². The number of furan rings is 1. The maximum absolute atomic E-state index is 12.8. The van der Waals surface area contributed by atoms with Crippen molar-refractivity contribution in [1.29, 1.82) is 0 Å². The number of aryl methyl sites for hydroxylation is 2. The molecule has 1 aliphatic heterocycles. The third-order valence-electron chi connectivity index (χ3n) is 5.28. The van der Waals surface area contributed by atoms with Crippen LogP contribution in [0.2, 0.25) is 0 Å². The van der Waals surface area contributed by atoms with E-state index in [1.165, 1.54) is 0 Å². The monoisotopic (exact) mass is 392 g/mol. The number of rotatable bonds is 6. The van der Waals surface area contributed by atoms with Crippen LogP contribution < -0.4 is 5.32 Å². The third-order valence-corrected chi connectivity index (χ3v) is 5.28. The van der Waals surface area contributed by atoms with Crippen molar-refractivity contribution < 1.29 is 14.0 Å². The predicted octanol–water partition coefficient (Wildman–Crippen LogP) is 3.34. The number of imidazole rings is 1. The number of carbonyl (C=O) groups excluding carboxylic acids is 2. The number of nitrogens with zero attached hydrogens (tertiary/aromatic N) is 3. The number of nitrogens with one attached hydrogen (secondary N) is 1. The number of likely N-dealkylation sites (tertiary alicyclic amines) is 1. The Labute approximate surface area is 169 Å². The minimum absolute atomic E-state index is 0.00928. The molecule has 7 heteroatoms. The van der Waals surface area contributed by atoms with Crippen LogP contribution in [0.1, 0.15) is 30.8 Å². The Bertz CT molecular complexity index is 976. The number of amides is 2. The fourth-order valence-electron chi connectivity index (χ4n) is 3.75. The number of hydrogen-bond donors (Lipinski definition) is 1. The molecule has 4 rings (SSSR count). The zero-order valence-corrected chi connectivity index (χ0v) is 16.4. The Balaban J connectivity index is 1.37. The van der Waals surface area contributed by atoms with E-state index in [0.29, 0.717) is 31.5 Å². The number of benzene rings is 1. The van der Waals surface area contributed by atoms with Crippen LogP contribution in [0.4, 0.5) is 5.69 Å². The van der Waals surface area contributed by atoms with E-state index < -0.39 is 6.04 Å². The van der Waals surface area contributed by atoms with Gasteiger partial charge < -0.3 is 19.2 Å². The lowest BCUT2D eigenvalue weighted by Gasteiger charge is -2.24. The topological polar surface area (TPSA) is 80.4 Å². The summed E-state index contributed by atoms with van der Waals surface area (Å²) in [6, 6.07) is 10.8. The van der Waals surface area contributed by atoms with Gasteiger partial charge in [0.2, 0.25) is 11.8 Å². The van der Waals surface area contributed by atoms with Crippen molar-refractivity contribution in [3.8, 4) is 5.69 Å². The molecule has 2 amide bonds. The summed E-state index contributed by atoms with van der Waals surface area (Å²) in [6.45, 7) is 2.56. The van der Waals surface area contributed by atoms with Crippen molar-refractivity contribution in [3.63, 3.8) is 0 Å². The second kappa shape index (κ2) is 8.34. The average molecular weight is 392 g/mol. The summed E-state index contributed by atoms with van der Waals surface area (Å²) < 4.78 is 7.26. The third kappa shape index (κ3) is 4.23. The molecule has 0 bridgehead atoms. The smallest absolute Gasteiger partial charge is 0.247 e. The van der Waals surface area contributed by atoms with Crippen LogP contribution in [-0.2, 0) is 16.0 Å². The highest BCUT2D eigenvalue weighted by molar-refractivity contribution is 5.97. The van der Waals surface area contributed by atoms with Gasteiger partial charge in [-0.05, 0) is 56.2 Å². The van der Waals surface area contributed by atoms with Crippen LogP contribution in [0.3, 0.4) is 0 Å². The SMILES string of the molecule is Cc1nccn1-c1ccc(NC(=O)[C@@H]2CCCN2C(=O)CCc2ccco2)cc1. The first-order valence-electron chi connectivity index (χ1n) is 9.85. The molecule has 1 fully saturated rings. The Morgan fingerprint density at radius 3 is 2.76 bits per heavy atom. The Morgan fingerprint density at radius 1 is 1.24 bits per heavy atom. The highest BCUT2D eigenvalue weighted by Crippen LogP contribution is 2.22. The molecule has 1 aromatic carbocycles. The molecule has 1 N–H and O–H groups in total. The van der Waals surface area contributed by atoms with Gasteiger partial charge in [0.1, 0.15) is 17.6 Å². The summed E-state index contributed by atoms with van der Waals surface area (Å²) in [5.41, 5.74) is 1.69. The Hall–Kier alpha value is -3.35. The molecule has 0 saturated carbocycles. The molecule has 1 aliphatic rings. The van der Waals surface area contributed by atoms with Gasteiger partial charge in [-0.1, -0.05) is 0 Å². The van der Waals surface area contributed by atoms with Crippen LogP contribution in [-0.4, -0.2) is 38.9 Å². The Morgan fingerprint density at radius 2 is 2.07 bits per heavy atom. The number of anilines is 1. The number of hydrogen-bond acceptors (Lipinski definition) is 4. The largest absolute Gasteiger partial charge is 0.469 e. The van der Waals surface area contributed by atoms with Gasteiger partial charge in [0, 0.05) is 43.2 Å².